The van der Waals surface area contributed by atoms with Crippen molar-refractivity contribution in [1.29, 1.82) is 0 Å². The van der Waals surface area contributed by atoms with Gasteiger partial charge in [-0.15, -0.1) is 0 Å². The van der Waals surface area contributed by atoms with Gasteiger partial charge in [0.05, 0.1) is 18.7 Å². The molecule has 2 amide bonds. The molecule has 0 aromatic carbocycles. The van der Waals surface area contributed by atoms with Crippen LogP contribution in [0.15, 0.2) is 24.4 Å². The van der Waals surface area contributed by atoms with Crippen molar-refractivity contribution in [3.8, 4) is 0 Å². The highest BCUT2D eigenvalue weighted by atomic mass is 16.7. The second-order valence-corrected chi connectivity index (χ2v) is 7.12. The lowest BCUT2D eigenvalue weighted by atomic mass is 10.0. The van der Waals surface area contributed by atoms with Crippen LogP contribution in [0.4, 0.5) is 0 Å². The zero-order valence-electron chi connectivity index (χ0n) is 16.4. The lowest BCUT2D eigenvalue weighted by molar-refractivity contribution is -0.181. The summed E-state index contributed by atoms with van der Waals surface area (Å²) < 4.78 is 13.2. The highest BCUT2D eigenvalue weighted by Gasteiger charge is 2.41. The molecule has 2 saturated heterocycles. The third-order valence-electron chi connectivity index (χ3n) is 5.62. The molecule has 0 bridgehead atoms. The summed E-state index contributed by atoms with van der Waals surface area (Å²) in [4.78, 5) is 34.1. The fraction of sp³-hybridized carbons (Fsp3) is 0.550. The summed E-state index contributed by atoms with van der Waals surface area (Å²) in [6.45, 7) is 7.35. The topological polar surface area (TPSA) is 76.4 Å². The Balaban J connectivity index is 1.62. The molecule has 4 rings (SSSR count). The molecule has 2 aromatic rings. The number of piperidine rings is 1. The molecular formula is C20H26N4O4. The third kappa shape index (κ3) is 3.16. The molecule has 8 heteroatoms. The highest BCUT2D eigenvalue weighted by molar-refractivity contribution is 6.02. The fourth-order valence-corrected chi connectivity index (χ4v) is 3.98. The number of imidazole rings is 1. The van der Waals surface area contributed by atoms with E-state index in [1.54, 1.807) is 20.4 Å². The van der Waals surface area contributed by atoms with Crippen molar-refractivity contribution >= 4 is 17.3 Å². The van der Waals surface area contributed by atoms with Crippen LogP contribution < -0.4 is 0 Å². The average molecular weight is 386 g/mol. The van der Waals surface area contributed by atoms with Crippen molar-refractivity contribution in [3.63, 3.8) is 0 Å². The summed E-state index contributed by atoms with van der Waals surface area (Å²) in [5.74, 6) is -0.587. The Morgan fingerprint density at radius 2 is 1.82 bits per heavy atom. The first kappa shape index (κ1) is 18.9. The number of rotatable bonds is 4. The molecule has 2 aliphatic rings. The van der Waals surface area contributed by atoms with Crippen LogP contribution in [0.1, 0.15) is 47.8 Å². The Bertz CT molecular complexity index is 873. The Morgan fingerprint density at radius 1 is 1.14 bits per heavy atom. The predicted octanol–water partition coefficient (Wildman–Crippen LogP) is 1.80. The van der Waals surface area contributed by atoms with E-state index in [2.05, 4.69) is 4.98 Å². The van der Waals surface area contributed by atoms with Crippen molar-refractivity contribution in [2.45, 2.75) is 32.5 Å². The second-order valence-electron chi connectivity index (χ2n) is 7.12. The van der Waals surface area contributed by atoms with E-state index in [4.69, 9.17) is 9.47 Å². The van der Waals surface area contributed by atoms with Gasteiger partial charge in [0, 0.05) is 45.2 Å². The normalized spacial score (nSPS) is 18.7. The van der Waals surface area contributed by atoms with Gasteiger partial charge in [-0.3, -0.25) is 14.0 Å². The van der Waals surface area contributed by atoms with Crippen LogP contribution in [0.2, 0.25) is 0 Å². The number of carbonyl (C=O) groups excluding carboxylic acids is 2. The molecule has 0 N–H and O–H groups in total. The molecule has 0 radical (unpaired) electrons. The van der Waals surface area contributed by atoms with E-state index in [0.717, 1.165) is 0 Å². The van der Waals surface area contributed by atoms with E-state index in [-0.39, 0.29) is 17.6 Å². The van der Waals surface area contributed by atoms with E-state index >= 15 is 0 Å². The van der Waals surface area contributed by atoms with Crippen LogP contribution in [0, 0.1) is 0 Å². The maximum atomic E-state index is 13.2. The van der Waals surface area contributed by atoms with Gasteiger partial charge in [-0.25, -0.2) is 4.98 Å². The molecule has 150 valence electrons. The zero-order valence-corrected chi connectivity index (χ0v) is 16.4. The Kier molecular flexibility index (Phi) is 5.07. The Morgan fingerprint density at radius 3 is 2.46 bits per heavy atom. The van der Waals surface area contributed by atoms with Gasteiger partial charge in [-0.2, -0.15) is 0 Å². The SMILES string of the molecule is CCN(CC)C(=O)c1nc(C(=O)N2CCC3(CC2)OCCO3)n2ccccc12. The molecule has 0 aliphatic carbocycles. The van der Waals surface area contributed by atoms with Gasteiger partial charge in [0.25, 0.3) is 11.8 Å². The maximum Gasteiger partial charge on any atom is 0.290 e. The van der Waals surface area contributed by atoms with Gasteiger partial charge >= 0.3 is 0 Å². The van der Waals surface area contributed by atoms with Crippen molar-refractivity contribution in [2.75, 3.05) is 39.4 Å². The van der Waals surface area contributed by atoms with Crippen LogP contribution in [-0.2, 0) is 9.47 Å². The average Bonchev–Trinajstić information content (AvgIpc) is 3.34. The van der Waals surface area contributed by atoms with E-state index in [0.29, 0.717) is 63.4 Å². The van der Waals surface area contributed by atoms with Gasteiger partial charge in [0.15, 0.2) is 11.5 Å². The van der Waals surface area contributed by atoms with Crippen LogP contribution in [0.3, 0.4) is 0 Å². The summed E-state index contributed by atoms with van der Waals surface area (Å²) in [6.07, 6.45) is 3.07. The zero-order chi connectivity index (χ0) is 19.7. The second kappa shape index (κ2) is 7.52. The van der Waals surface area contributed by atoms with Gasteiger partial charge < -0.3 is 19.3 Å². The Hall–Kier alpha value is -2.45. The van der Waals surface area contributed by atoms with E-state index in [1.807, 2.05) is 32.0 Å². The number of hydrogen-bond acceptors (Lipinski definition) is 5. The number of likely N-dealkylation sites (tertiary alicyclic amines) is 1. The number of hydrogen-bond donors (Lipinski definition) is 0. The minimum absolute atomic E-state index is 0.155. The largest absolute Gasteiger partial charge is 0.347 e. The standard InChI is InChI=1S/C20H26N4O4/c1-3-22(4-2)18(25)16-15-7-5-6-10-24(15)17(21-16)19(26)23-11-8-20(9-12-23)27-13-14-28-20/h5-7,10H,3-4,8-9,11-14H2,1-2H3. The molecule has 2 fully saturated rings. The van der Waals surface area contributed by atoms with E-state index in [1.165, 1.54) is 0 Å². The first-order chi connectivity index (χ1) is 13.6. The van der Waals surface area contributed by atoms with Gasteiger partial charge in [-0.05, 0) is 26.0 Å². The monoisotopic (exact) mass is 386 g/mol. The number of fused-ring (bicyclic) bond motifs is 1. The van der Waals surface area contributed by atoms with Crippen molar-refractivity contribution in [1.82, 2.24) is 19.2 Å². The van der Waals surface area contributed by atoms with Crippen LogP contribution >= 0.6 is 0 Å². The summed E-state index contributed by atoms with van der Waals surface area (Å²) in [5.41, 5.74) is 0.974. The minimum atomic E-state index is -0.532. The van der Waals surface area contributed by atoms with Crippen molar-refractivity contribution in [3.05, 3.63) is 35.9 Å². The lowest BCUT2D eigenvalue weighted by Crippen LogP contribution is -2.47. The molecule has 0 atom stereocenters. The summed E-state index contributed by atoms with van der Waals surface area (Å²) in [6, 6.07) is 5.51. The lowest BCUT2D eigenvalue weighted by Gasteiger charge is -2.37. The third-order valence-corrected chi connectivity index (χ3v) is 5.62. The smallest absolute Gasteiger partial charge is 0.290 e. The number of amides is 2. The Labute approximate surface area is 164 Å². The molecule has 1 spiro atoms. The molecule has 0 unspecified atom stereocenters. The number of aromatic nitrogens is 2. The summed E-state index contributed by atoms with van der Waals surface area (Å²) in [7, 11) is 0. The fourth-order valence-electron chi connectivity index (χ4n) is 3.98. The molecule has 4 heterocycles. The first-order valence-electron chi connectivity index (χ1n) is 9.92. The van der Waals surface area contributed by atoms with Gasteiger partial charge in [0.1, 0.15) is 0 Å². The maximum absolute atomic E-state index is 13.2. The quantitative estimate of drug-likeness (QED) is 0.801. The molecule has 2 aliphatic heterocycles. The molecule has 2 aromatic heterocycles. The van der Waals surface area contributed by atoms with Crippen LogP contribution in [0.25, 0.3) is 5.52 Å². The summed E-state index contributed by atoms with van der Waals surface area (Å²) in [5, 5.41) is 0. The molecule has 0 saturated carbocycles. The molecular weight excluding hydrogens is 360 g/mol. The number of carbonyl (C=O) groups is 2. The van der Waals surface area contributed by atoms with Gasteiger partial charge in [-0.1, -0.05) is 6.07 Å². The van der Waals surface area contributed by atoms with Gasteiger partial charge in [0.2, 0.25) is 5.82 Å². The number of pyridine rings is 1. The number of ether oxygens (including phenoxy) is 2. The van der Waals surface area contributed by atoms with E-state index < -0.39 is 5.79 Å². The van der Waals surface area contributed by atoms with Crippen molar-refractivity contribution in [2.24, 2.45) is 0 Å². The van der Waals surface area contributed by atoms with Crippen LogP contribution in [0.5, 0.6) is 0 Å². The molecule has 28 heavy (non-hydrogen) atoms. The first-order valence-corrected chi connectivity index (χ1v) is 9.92. The minimum Gasteiger partial charge on any atom is -0.347 e. The highest BCUT2D eigenvalue weighted by Crippen LogP contribution is 2.31. The van der Waals surface area contributed by atoms with E-state index in [9.17, 15) is 9.59 Å². The van der Waals surface area contributed by atoms with Crippen molar-refractivity contribution < 1.29 is 19.1 Å². The predicted molar refractivity (Wildman–Crippen MR) is 102 cm³/mol. The number of nitrogens with zero attached hydrogens (tertiary/aromatic N) is 4. The van der Waals surface area contributed by atoms with Crippen LogP contribution in [-0.4, -0.2) is 76.2 Å². The summed E-state index contributed by atoms with van der Waals surface area (Å²) >= 11 is 0. The molecule has 8 nitrogen and oxygen atoms in total.